The van der Waals surface area contributed by atoms with Crippen LogP contribution < -0.4 is 0 Å². The number of hydrogen-bond donors (Lipinski definition) is 1. The Bertz CT molecular complexity index is 2810. The summed E-state index contributed by atoms with van der Waals surface area (Å²) in [5, 5.41) is 4.68. The van der Waals surface area contributed by atoms with E-state index in [1.54, 1.807) is 0 Å². The molecule has 0 atom stereocenters. The van der Waals surface area contributed by atoms with Gasteiger partial charge in [0.2, 0.25) is 0 Å². The summed E-state index contributed by atoms with van der Waals surface area (Å²) in [6.07, 6.45) is 0. The highest BCUT2D eigenvalue weighted by atomic mass is 15.1. The standard InChI is InChI=1S/C47H43N5/c1-46(2,3)32-21-24-40-37(28-32)36-22-23-38(30-25-31(27-33(26-30)47(4,5)6)43-49-39-19-13-14-20-41(39)51(43)7)48-44(36)52(40)45-35-18-12-11-17-34(35)42(50-45)29-15-9-8-10-16-29/h8-28,50H,1-7H3. The Morgan fingerprint density at radius 3 is 1.96 bits per heavy atom. The van der Waals surface area contributed by atoms with Crippen molar-refractivity contribution in [2.24, 2.45) is 7.05 Å². The van der Waals surface area contributed by atoms with Crippen LogP contribution in [0.5, 0.6) is 0 Å². The van der Waals surface area contributed by atoms with Gasteiger partial charge in [-0.25, -0.2) is 9.97 Å². The third-order valence-electron chi connectivity index (χ3n) is 10.6. The maximum Gasteiger partial charge on any atom is 0.147 e. The SMILES string of the molecule is Cn1c(-c2cc(-c3ccc4c5cc(C(C)(C)C)ccc5n(-c5[nH]c(-c6ccccc6)c6ccccc56)c4n3)cc(C(C)(C)C)c2)nc2ccccc21. The lowest BCUT2D eigenvalue weighted by Gasteiger charge is -2.21. The molecule has 52 heavy (non-hydrogen) atoms. The van der Waals surface area contributed by atoms with E-state index in [-0.39, 0.29) is 10.8 Å². The van der Waals surface area contributed by atoms with Gasteiger partial charge in [-0.2, -0.15) is 0 Å². The average Bonchev–Trinajstić information content (AvgIpc) is 3.80. The topological polar surface area (TPSA) is 51.4 Å². The number of hydrogen-bond acceptors (Lipinski definition) is 2. The van der Waals surface area contributed by atoms with Gasteiger partial charge in [0.15, 0.2) is 0 Å². The number of nitrogens with one attached hydrogen (secondary N) is 1. The molecule has 0 radical (unpaired) electrons. The first-order valence-corrected chi connectivity index (χ1v) is 18.2. The van der Waals surface area contributed by atoms with Crippen molar-refractivity contribution in [3.63, 3.8) is 0 Å². The quantitative estimate of drug-likeness (QED) is 0.202. The van der Waals surface area contributed by atoms with Gasteiger partial charge < -0.3 is 9.55 Å². The maximum atomic E-state index is 5.58. The van der Waals surface area contributed by atoms with Gasteiger partial charge in [-0.1, -0.05) is 114 Å². The van der Waals surface area contributed by atoms with E-state index in [1.807, 2.05) is 0 Å². The molecular weight excluding hydrogens is 635 g/mol. The van der Waals surface area contributed by atoms with Crippen molar-refractivity contribution >= 4 is 43.7 Å². The predicted octanol–water partition coefficient (Wildman–Crippen LogP) is 12.1. The third-order valence-corrected chi connectivity index (χ3v) is 10.6. The lowest BCUT2D eigenvalue weighted by molar-refractivity contribution is 0.590. The van der Waals surface area contributed by atoms with E-state index in [2.05, 4.69) is 190 Å². The molecular formula is C47H43N5. The zero-order valence-electron chi connectivity index (χ0n) is 30.9. The average molecular weight is 678 g/mol. The molecule has 0 spiro atoms. The van der Waals surface area contributed by atoms with Crippen LogP contribution in [0.15, 0.2) is 127 Å². The number of pyridine rings is 1. The third kappa shape index (κ3) is 5.14. The number of benzene rings is 5. The summed E-state index contributed by atoms with van der Waals surface area (Å²) in [6, 6.07) is 45.9. The molecule has 0 bridgehead atoms. The Morgan fingerprint density at radius 1 is 0.519 bits per heavy atom. The minimum atomic E-state index is -0.0747. The number of aromatic nitrogens is 5. The van der Waals surface area contributed by atoms with E-state index in [0.717, 1.165) is 72.7 Å². The molecule has 0 aliphatic carbocycles. The second kappa shape index (κ2) is 11.5. The Morgan fingerprint density at radius 2 is 1.21 bits per heavy atom. The molecule has 0 aliphatic rings. The minimum absolute atomic E-state index is 0.00909. The van der Waals surface area contributed by atoms with Crippen molar-refractivity contribution < 1.29 is 0 Å². The molecule has 0 saturated carbocycles. The molecule has 256 valence electrons. The number of rotatable bonds is 4. The number of H-pyrrole nitrogens is 1. The van der Waals surface area contributed by atoms with Crippen LogP contribution in [0.1, 0.15) is 52.7 Å². The van der Waals surface area contributed by atoms with Gasteiger partial charge in [0.25, 0.3) is 0 Å². The van der Waals surface area contributed by atoms with Crippen LogP contribution in [0.3, 0.4) is 0 Å². The Hall–Kier alpha value is -5.94. The predicted molar refractivity (Wildman–Crippen MR) is 218 cm³/mol. The number of imidazole rings is 1. The lowest BCUT2D eigenvalue weighted by Crippen LogP contribution is -2.11. The second-order valence-corrected chi connectivity index (χ2v) is 16.2. The van der Waals surface area contributed by atoms with Crippen molar-refractivity contribution in [2.45, 2.75) is 52.4 Å². The molecule has 5 aromatic carbocycles. The van der Waals surface area contributed by atoms with Crippen LogP contribution in [-0.2, 0) is 17.9 Å². The number of fused-ring (bicyclic) bond motifs is 5. The monoisotopic (exact) mass is 677 g/mol. The molecule has 9 aromatic rings. The lowest BCUT2D eigenvalue weighted by atomic mass is 9.84. The second-order valence-electron chi connectivity index (χ2n) is 16.2. The normalized spacial score (nSPS) is 12.5. The smallest absolute Gasteiger partial charge is 0.147 e. The van der Waals surface area contributed by atoms with Crippen LogP contribution in [0, 0.1) is 0 Å². The number of nitrogens with zero attached hydrogens (tertiary/aromatic N) is 4. The molecule has 9 rings (SSSR count). The zero-order chi connectivity index (χ0) is 35.9. The first-order chi connectivity index (χ1) is 25.0. The molecule has 0 saturated heterocycles. The van der Waals surface area contributed by atoms with Crippen molar-refractivity contribution in [1.82, 2.24) is 24.1 Å². The van der Waals surface area contributed by atoms with Crippen LogP contribution in [-0.4, -0.2) is 24.1 Å². The van der Waals surface area contributed by atoms with E-state index in [9.17, 15) is 0 Å². The number of aryl methyl sites for hydroxylation is 1. The molecule has 0 unspecified atom stereocenters. The Balaban J connectivity index is 1.33. The van der Waals surface area contributed by atoms with E-state index in [1.165, 1.54) is 21.9 Å². The fourth-order valence-electron chi connectivity index (χ4n) is 7.65. The summed E-state index contributed by atoms with van der Waals surface area (Å²) in [5.74, 6) is 1.97. The van der Waals surface area contributed by atoms with Crippen LogP contribution >= 0.6 is 0 Å². The molecule has 5 heteroatoms. The molecule has 4 aromatic heterocycles. The molecule has 5 nitrogen and oxygen atoms in total. The first-order valence-electron chi connectivity index (χ1n) is 18.2. The van der Waals surface area contributed by atoms with E-state index in [0.29, 0.717) is 0 Å². The van der Waals surface area contributed by atoms with Crippen LogP contribution in [0.2, 0.25) is 0 Å². The zero-order valence-corrected chi connectivity index (χ0v) is 30.9. The molecule has 0 amide bonds. The highest BCUT2D eigenvalue weighted by Gasteiger charge is 2.24. The van der Waals surface area contributed by atoms with Crippen LogP contribution in [0.25, 0.3) is 83.5 Å². The van der Waals surface area contributed by atoms with Gasteiger partial charge in [-0.3, -0.25) is 4.57 Å². The van der Waals surface area contributed by atoms with E-state index in [4.69, 9.17) is 9.97 Å². The highest BCUT2D eigenvalue weighted by Crippen LogP contribution is 2.40. The minimum Gasteiger partial charge on any atom is -0.340 e. The Labute approximate surface area is 304 Å². The van der Waals surface area contributed by atoms with Gasteiger partial charge in [0.1, 0.15) is 17.3 Å². The van der Waals surface area contributed by atoms with Gasteiger partial charge in [0.05, 0.1) is 27.9 Å². The van der Waals surface area contributed by atoms with Gasteiger partial charge in [0, 0.05) is 39.7 Å². The maximum absolute atomic E-state index is 5.58. The van der Waals surface area contributed by atoms with Crippen molar-refractivity contribution in [1.29, 1.82) is 0 Å². The van der Waals surface area contributed by atoms with Gasteiger partial charge >= 0.3 is 0 Å². The fraction of sp³-hybridized carbons (Fsp3) is 0.191. The summed E-state index contributed by atoms with van der Waals surface area (Å²) >= 11 is 0. The summed E-state index contributed by atoms with van der Waals surface area (Å²) in [7, 11) is 2.10. The highest BCUT2D eigenvalue weighted by molar-refractivity contribution is 6.11. The number of para-hydroxylation sites is 2. The summed E-state index contributed by atoms with van der Waals surface area (Å²) in [5.41, 5.74) is 12.0. The fourth-order valence-corrected chi connectivity index (χ4v) is 7.65. The van der Waals surface area contributed by atoms with Crippen LogP contribution in [0.4, 0.5) is 0 Å². The molecule has 4 heterocycles. The molecule has 1 N–H and O–H groups in total. The summed E-state index contributed by atoms with van der Waals surface area (Å²) < 4.78 is 4.54. The first kappa shape index (κ1) is 32.0. The summed E-state index contributed by atoms with van der Waals surface area (Å²) in [6.45, 7) is 13.6. The Kier molecular flexibility index (Phi) is 7.10. The van der Waals surface area contributed by atoms with Crippen molar-refractivity contribution in [3.05, 3.63) is 139 Å². The summed E-state index contributed by atoms with van der Waals surface area (Å²) in [4.78, 5) is 14.6. The van der Waals surface area contributed by atoms with Crippen molar-refractivity contribution in [2.75, 3.05) is 0 Å². The van der Waals surface area contributed by atoms with E-state index < -0.39 is 0 Å². The molecule has 0 aliphatic heterocycles. The van der Waals surface area contributed by atoms with E-state index >= 15 is 0 Å². The molecule has 0 fully saturated rings. The van der Waals surface area contributed by atoms with Gasteiger partial charge in [-0.15, -0.1) is 0 Å². The number of aromatic amines is 1. The van der Waals surface area contributed by atoms with Gasteiger partial charge in [-0.05, 0) is 82.1 Å². The largest absolute Gasteiger partial charge is 0.340 e. The van der Waals surface area contributed by atoms with Crippen molar-refractivity contribution in [3.8, 4) is 39.7 Å².